The number of amides is 2. The Morgan fingerprint density at radius 2 is 1.68 bits per heavy atom. The minimum Gasteiger partial charge on any atom is -0.496 e. The number of hydrogen-bond acceptors (Lipinski definition) is 5. The van der Waals surface area contributed by atoms with Crippen molar-refractivity contribution in [2.75, 3.05) is 13.7 Å². The van der Waals surface area contributed by atoms with E-state index in [1.807, 2.05) is 36.0 Å². The zero-order chi connectivity index (χ0) is 29.0. The van der Waals surface area contributed by atoms with Crippen molar-refractivity contribution in [2.24, 2.45) is 13.0 Å². The quantitative estimate of drug-likeness (QED) is 0.284. The van der Waals surface area contributed by atoms with Gasteiger partial charge in [0.25, 0.3) is 21.8 Å². The van der Waals surface area contributed by atoms with Crippen molar-refractivity contribution in [3.63, 3.8) is 0 Å². The second kappa shape index (κ2) is 12.0. The van der Waals surface area contributed by atoms with E-state index >= 15 is 0 Å². The van der Waals surface area contributed by atoms with E-state index < -0.39 is 15.9 Å². The third-order valence-corrected chi connectivity index (χ3v) is 8.67. The van der Waals surface area contributed by atoms with Crippen LogP contribution in [0.1, 0.15) is 57.7 Å². The van der Waals surface area contributed by atoms with Gasteiger partial charge in [-0.2, -0.15) is 0 Å². The lowest BCUT2D eigenvalue weighted by atomic mass is 10.0. The normalized spacial score (nSPS) is 12.2. The van der Waals surface area contributed by atoms with Gasteiger partial charge < -0.3 is 14.6 Å². The Labute approximate surface area is 235 Å². The highest BCUT2D eigenvalue weighted by atomic mass is 32.2. The Hall–Kier alpha value is -4.11. The zero-order valence-electron chi connectivity index (χ0n) is 23.4. The number of aryl methyl sites for hydroxylation is 2. The Morgan fingerprint density at radius 3 is 2.38 bits per heavy atom. The molecule has 0 saturated carbocycles. The number of carbonyl (C=O) groups is 2. The molecule has 0 fully saturated rings. The van der Waals surface area contributed by atoms with Crippen LogP contribution < -0.4 is 14.8 Å². The van der Waals surface area contributed by atoms with Gasteiger partial charge >= 0.3 is 0 Å². The molecule has 9 heteroatoms. The first-order valence-corrected chi connectivity index (χ1v) is 14.7. The van der Waals surface area contributed by atoms with Crippen molar-refractivity contribution < 1.29 is 22.7 Å². The number of carbonyl (C=O) groups excluding carboxylic acids is 2. The van der Waals surface area contributed by atoms with Gasteiger partial charge in [0.1, 0.15) is 5.75 Å². The summed E-state index contributed by atoms with van der Waals surface area (Å²) in [5, 5.41) is 3.96. The van der Waals surface area contributed by atoms with E-state index in [0.717, 1.165) is 28.5 Å². The van der Waals surface area contributed by atoms with E-state index in [1.54, 1.807) is 37.3 Å². The van der Waals surface area contributed by atoms with Crippen molar-refractivity contribution in [2.45, 2.75) is 38.5 Å². The summed E-state index contributed by atoms with van der Waals surface area (Å²) in [5.74, 6) is 0.0114. The minimum atomic E-state index is -4.04. The lowest BCUT2D eigenvalue weighted by Gasteiger charge is -2.12. The molecule has 1 unspecified atom stereocenters. The standard InChI is InChI=1S/C31H35N3O5S/c1-6-20(2)18-32-30(35)23-13-14-27-26(16-23)25(19-34(27)4)15-22-11-12-24(17-28(22)39-5)31(36)33-40(37,38)29-10-8-7-9-21(29)3/h7-14,16-17,19-20H,6,15,18H2,1-5H3,(H,32,35)(H,33,36). The van der Waals surface area contributed by atoms with Crippen molar-refractivity contribution in [3.05, 3.63) is 94.7 Å². The number of nitrogens with one attached hydrogen (secondary N) is 2. The van der Waals surface area contributed by atoms with E-state index in [1.165, 1.54) is 19.2 Å². The molecule has 0 spiro atoms. The number of sulfonamides is 1. The molecule has 3 aromatic carbocycles. The maximum atomic E-state index is 12.9. The summed E-state index contributed by atoms with van der Waals surface area (Å²) in [7, 11) is -0.576. The molecule has 0 bridgehead atoms. The summed E-state index contributed by atoms with van der Waals surface area (Å²) in [6.45, 7) is 6.49. The molecular formula is C31H35N3O5S. The van der Waals surface area contributed by atoms with E-state index in [9.17, 15) is 18.0 Å². The van der Waals surface area contributed by atoms with E-state index in [2.05, 4.69) is 23.9 Å². The number of methoxy groups -OCH3 is 1. The number of hydrogen-bond donors (Lipinski definition) is 2. The van der Waals surface area contributed by atoms with Gasteiger partial charge in [0, 0.05) is 48.2 Å². The first-order valence-electron chi connectivity index (χ1n) is 13.2. The van der Waals surface area contributed by atoms with Gasteiger partial charge in [-0.1, -0.05) is 44.5 Å². The molecule has 40 heavy (non-hydrogen) atoms. The molecule has 1 heterocycles. The van der Waals surface area contributed by atoms with Gasteiger partial charge in [-0.05, 0) is 65.9 Å². The predicted octanol–water partition coefficient (Wildman–Crippen LogP) is 4.98. The van der Waals surface area contributed by atoms with Crippen LogP contribution in [0.25, 0.3) is 10.9 Å². The molecule has 2 N–H and O–H groups in total. The summed E-state index contributed by atoms with van der Waals surface area (Å²) < 4.78 is 35.3. The lowest BCUT2D eigenvalue weighted by Crippen LogP contribution is -2.31. The van der Waals surface area contributed by atoms with Crippen LogP contribution in [-0.2, 0) is 23.5 Å². The molecule has 0 aliphatic carbocycles. The van der Waals surface area contributed by atoms with Crippen LogP contribution in [0, 0.1) is 12.8 Å². The largest absolute Gasteiger partial charge is 0.496 e. The summed E-state index contributed by atoms with van der Waals surface area (Å²) in [5.41, 5.74) is 4.10. The summed E-state index contributed by atoms with van der Waals surface area (Å²) in [4.78, 5) is 25.7. The highest BCUT2D eigenvalue weighted by Gasteiger charge is 2.22. The highest BCUT2D eigenvalue weighted by Crippen LogP contribution is 2.29. The fourth-order valence-electron chi connectivity index (χ4n) is 4.60. The van der Waals surface area contributed by atoms with Crippen LogP contribution in [0.5, 0.6) is 5.75 Å². The molecule has 0 saturated heterocycles. The maximum Gasteiger partial charge on any atom is 0.265 e. The topological polar surface area (TPSA) is 106 Å². The molecule has 0 aliphatic rings. The van der Waals surface area contributed by atoms with Crippen molar-refractivity contribution >= 4 is 32.7 Å². The van der Waals surface area contributed by atoms with Crippen molar-refractivity contribution in [1.82, 2.24) is 14.6 Å². The van der Waals surface area contributed by atoms with Crippen LogP contribution >= 0.6 is 0 Å². The molecule has 2 amide bonds. The summed E-state index contributed by atoms with van der Waals surface area (Å²) >= 11 is 0. The maximum absolute atomic E-state index is 12.9. The smallest absolute Gasteiger partial charge is 0.265 e. The molecule has 4 rings (SSSR count). The van der Waals surface area contributed by atoms with Crippen molar-refractivity contribution in [3.8, 4) is 5.75 Å². The van der Waals surface area contributed by atoms with Crippen LogP contribution in [-0.4, -0.2) is 38.5 Å². The van der Waals surface area contributed by atoms with Crippen LogP contribution in [0.4, 0.5) is 0 Å². The highest BCUT2D eigenvalue weighted by molar-refractivity contribution is 7.90. The average molecular weight is 562 g/mol. The first kappa shape index (κ1) is 28.9. The van der Waals surface area contributed by atoms with Crippen LogP contribution in [0.3, 0.4) is 0 Å². The number of fused-ring (bicyclic) bond motifs is 1. The number of rotatable bonds is 10. The zero-order valence-corrected chi connectivity index (χ0v) is 24.3. The molecule has 1 atom stereocenters. The van der Waals surface area contributed by atoms with E-state index in [4.69, 9.17) is 4.74 Å². The van der Waals surface area contributed by atoms with Crippen LogP contribution in [0.2, 0.25) is 0 Å². The Kier molecular flexibility index (Phi) is 8.64. The Morgan fingerprint density at radius 1 is 0.975 bits per heavy atom. The number of aromatic nitrogens is 1. The SMILES string of the molecule is CCC(C)CNC(=O)c1ccc2c(c1)c(Cc1ccc(C(=O)NS(=O)(=O)c3ccccc3C)cc1OC)cn2C. The van der Waals surface area contributed by atoms with Gasteiger partial charge in [-0.25, -0.2) is 13.1 Å². The number of nitrogens with zero attached hydrogens (tertiary/aromatic N) is 1. The van der Waals surface area contributed by atoms with E-state index in [-0.39, 0.29) is 16.4 Å². The Balaban J connectivity index is 1.58. The molecule has 8 nitrogen and oxygen atoms in total. The van der Waals surface area contributed by atoms with E-state index in [0.29, 0.717) is 35.8 Å². The van der Waals surface area contributed by atoms with Gasteiger partial charge in [0.05, 0.1) is 12.0 Å². The molecule has 210 valence electrons. The Bertz CT molecular complexity index is 1670. The second-order valence-electron chi connectivity index (χ2n) is 10.1. The van der Waals surface area contributed by atoms with Gasteiger partial charge in [0.15, 0.2) is 0 Å². The molecule has 4 aromatic rings. The van der Waals surface area contributed by atoms with Gasteiger partial charge in [0.2, 0.25) is 0 Å². The number of ether oxygens (including phenoxy) is 1. The van der Waals surface area contributed by atoms with Crippen LogP contribution in [0.15, 0.2) is 71.8 Å². The monoisotopic (exact) mass is 561 g/mol. The van der Waals surface area contributed by atoms with Gasteiger partial charge in [-0.15, -0.1) is 0 Å². The molecule has 0 aliphatic heterocycles. The summed E-state index contributed by atoms with van der Waals surface area (Å²) in [6.07, 6.45) is 3.50. The first-order chi connectivity index (χ1) is 19.0. The molecule has 1 aromatic heterocycles. The number of benzene rings is 3. The predicted molar refractivity (Wildman–Crippen MR) is 156 cm³/mol. The average Bonchev–Trinajstić information content (AvgIpc) is 3.25. The third-order valence-electron chi connectivity index (χ3n) is 7.18. The second-order valence-corrected chi connectivity index (χ2v) is 11.8. The van der Waals surface area contributed by atoms with Crippen molar-refractivity contribution in [1.29, 1.82) is 0 Å². The minimum absolute atomic E-state index is 0.0517. The lowest BCUT2D eigenvalue weighted by molar-refractivity contribution is 0.0946. The molecular weight excluding hydrogens is 526 g/mol. The molecule has 0 radical (unpaired) electrons. The fraction of sp³-hybridized carbons (Fsp3) is 0.290. The summed E-state index contributed by atoms with van der Waals surface area (Å²) in [6, 6.07) is 17.0. The fourth-order valence-corrected chi connectivity index (χ4v) is 5.82. The third kappa shape index (κ3) is 6.20. The van der Waals surface area contributed by atoms with Gasteiger partial charge in [-0.3, -0.25) is 9.59 Å².